The number of hydrogen-bond donors (Lipinski definition) is 0. The van der Waals surface area contributed by atoms with Crippen molar-refractivity contribution >= 4 is 46.3 Å². The van der Waals surface area contributed by atoms with Crippen LogP contribution >= 0.6 is 23.2 Å². The Morgan fingerprint density at radius 1 is 0.862 bits per heavy atom. The molecule has 5 nitrogen and oxygen atoms in total. The first-order chi connectivity index (χ1) is 13.9. The molecule has 2 aliphatic rings. The Morgan fingerprint density at radius 2 is 1.52 bits per heavy atom. The molecule has 0 unspecified atom stereocenters. The van der Waals surface area contributed by atoms with Crippen LogP contribution in [0.3, 0.4) is 0 Å². The number of nitrogens with zero attached hydrogens (tertiary/aromatic N) is 2. The van der Waals surface area contributed by atoms with Gasteiger partial charge in [0.15, 0.2) is 0 Å². The molecule has 0 spiro atoms. The number of anilines is 1. The van der Waals surface area contributed by atoms with Crippen molar-refractivity contribution in [2.24, 2.45) is 0 Å². The summed E-state index contributed by atoms with van der Waals surface area (Å²) in [5.41, 5.74) is 4.07. The predicted molar refractivity (Wildman–Crippen MR) is 114 cm³/mol. The van der Waals surface area contributed by atoms with Gasteiger partial charge in [-0.05, 0) is 48.7 Å². The second-order valence-electron chi connectivity index (χ2n) is 7.20. The van der Waals surface area contributed by atoms with Gasteiger partial charge < -0.3 is 9.64 Å². The van der Waals surface area contributed by atoms with Gasteiger partial charge in [-0.15, -0.1) is 0 Å². The monoisotopic (exact) mass is 430 g/mol. The zero-order valence-electron chi connectivity index (χ0n) is 16.2. The molecule has 1 fully saturated rings. The van der Waals surface area contributed by atoms with Crippen LogP contribution in [0.15, 0.2) is 42.1 Å². The van der Waals surface area contributed by atoms with E-state index in [2.05, 4.69) is 0 Å². The van der Waals surface area contributed by atoms with E-state index in [-0.39, 0.29) is 11.8 Å². The van der Waals surface area contributed by atoms with E-state index in [1.54, 1.807) is 18.2 Å². The largest absolute Gasteiger partial charge is 0.378 e. The van der Waals surface area contributed by atoms with E-state index >= 15 is 0 Å². The normalized spacial score (nSPS) is 17.5. The van der Waals surface area contributed by atoms with Crippen LogP contribution in [-0.4, -0.2) is 43.0 Å². The molecule has 4 rings (SSSR count). The molecule has 2 heterocycles. The summed E-state index contributed by atoms with van der Waals surface area (Å²) in [6.45, 7) is 6.11. The van der Waals surface area contributed by atoms with E-state index < -0.39 is 0 Å². The maximum atomic E-state index is 13.5. The molecule has 7 heteroatoms. The van der Waals surface area contributed by atoms with Crippen molar-refractivity contribution in [2.45, 2.75) is 13.8 Å². The molecule has 0 aliphatic carbocycles. The highest BCUT2D eigenvalue weighted by molar-refractivity contribution is 6.46. The van der Waals surface area contributed by atoms with Gasteiger partial charge in [0.25, 0.3) is 11.8 Å². The molecule has 2 aromatic rings. The highest BCUT2D eigenvalue weighted by Gasteiger charge is 2.43. The molecule has 0 bridgehead atoms. The Bertz CT molecular complexity index is 1020. The number of halogens is 2. The number of benzene rings is 2. The quantitative estimate of drug-likeness (QED) is 0.683. The summed E-state index contributed by atoms with van der Waals surface area (Å²) in [5.74, 6) is -0.749. The zero-order chi connectivity index (χ0) is 20.7. The Kier molecular flexibility index (Phi) is 5.38. The number of rotatable bonds is 3. The SMILES string of the molecule is Cc1ccc(C2=C(N3CCOCC3)C(=O)N(c3cc(Cl)cc(Cl)c3)C2=O)cc1C. The Balaban J connectivity index is 1.86. The van der Waals surface area contributed by atoms with E-state index in [9.17, 15) is 9.59 Å². The highest BCUT2D eigenvalue weighted by atomic mass is 35.5. The standard InChI is InChI=1S/C22H20Cl2N2O3/c1-13-3-4-15(9-14(13)2)19-20(25-5-7-29-8-6-25)22(28)26(21(19)27)18-11-16(23)10-17(24)12-18/h3-4,9-12H,5-8H2,1-2H3. The lowest BCUT2D eigenvalue weighted by molar-refractivity contribution is -0.121. The predicted octanol–water partition coefficient (Wildman–Crippen LogP) is 4.23. The summed E-state index contributed by atoms with van der Waals surface area (Å²) in [6, 6.07) is 10.5. The van der Waals surface area contributed by atoms with Crippen molar-refractivity contribution in [3.8, 4) is 0 Å². The summed E-state index contributed by atoms with van der Waals surface area (Å²) in [7, 11) is 0. The Morgan fingerprint density at radius 3 is 2.14 bits per heavy atom. The van der Waals surface area contributed by atoms with E-state index in [0.29, 0.717) is 53.3 Å². The van der Waals surface area contributed by atoms with Crippen molar-refractivity contribution in [3.63, 3.8) is 0 Å². The van der Waals surface area contributed by atoms with Crippen LogP contribution in [0, 0.1) is 13.8 Å². The molecule has 0 aromatic heterocycles. The highest BCUT2D eigenvalue weighted by Crippen LogP contribution is 2.37. The van der Waals surface area contributed by atoms with Crippen molar-refractivity contribution in [1.29, 1.82) is 0 Å². The number of carbonyl (C=O) groups is 2. The maximum Gasteiger partial charge on any atom is 0.282 e. The number of aryl methyl sites for hydroxylation is 2. The fraction of sp³-hybridized carbons (Fsp3) is 0.273. The van der Waals surface area contributed by atoms with E-state index in [1.165, 1.54) is 0 Å². The summed E-state index contributed by atoms with van der Waals surface area (Å²) >= 11 is 12.3. The van der Waals surface area contributed by atoms with Crippen LogP contribution in [0.5, 0.6) is 0 Å². The van der Waals surface area contributed by atoms with Gasteiger partial charge in [0, 0.05) is 23.1 Å². The molecule has 2 aromatic carbocycles. The van der Waals surface area contributed by atoms with Gasteiger partial charge >= 0.3 is 0 Å². The molecule has 0 atom stereocenters. The molecule has 1 saturated heterocycles. The van der Waals surface area contributed by atoms with Crippen LogP contribution < -0.4 is 4.90 Å². The topological polar surface area (TPSA) is 49.9 Å². The number of ether oxygens (including phenoxy) is 1. The number of amides is 2. The van der Waals surface area contributed by atoms with E-state index in [4.69, 9.17) is 27.9 Å². The molecule has 2 aliphatic heterocycles. The summed E-state index contributed by atoms with van der Waals surface area (Å²) < 4.78 is 5.43. The second-order valence-corrected chi connectivity index (χ2v) is 8.07. The third kappa shape index (κ3) is 3.66. The molecule has 2 amide bonds. The number of carbonyl (C=O) groups excluding carboxylic acids is 2. The Hall–Kier alpha value is -2.34. The average molecular weight is 431 g/mol. The molecular weight excluding hydrogens is 411 g/mol. The lowest BCUT2D eigenvalue weighted by Gasteiger charge is -2.29. The van der Waals surface area contributed by atoms with Gasteiger partial charge in [-0.1, -0.05) is 41.4 Å². The summed E-state index contributed by atoms with van der Waals surface area (Å²) in [4.78, 5) is 30.0. The molecule has 0 N–H and O–H groups in total. The lowest BCUT2D eigenvalue weighted by atomic mass is 9.99. The van der Waals surface area contributed by atoms with Crippen LogP contribution in [0.4, 0.5) is 5.69 Å². The minimum absolute atomic E-state index is 0.362. The lowest BCUT2D eigenvalue weighted by Crippen LogP contribution is -2.40. The Labute approximate surface area is 179 Å². The minimum Gasteiger partial charge on any atom is -0.378 e. The zero-order valence-corrected chi connectivity index (χ0v) is 17.7. The average Bonchev–Trinajstić information content (AvgIpc) is 2.94. The van der Waals surface area contributed by atoms with Gasteiger partial charge in [-0.3, -0.25) is 9.59 Å². The van der Waals surface area contributed by atoms with Crippen molar-refractivity contribution in [3.05, 3.63) is 68.8 Å². The number of imide groups is 1. The second kappa shape index (κ2) is 7.82. The third-order valence-corrected chi connectivity index (χ3v) is 5.72. The van der Waals surface area contributed by atoms with Gasteiger partial charge in [0.1, 0.15) is 5.70 Å². The van der Waals surface area contributed by atoms with Gasteiger partial charge in [-0.25, -0.2) is 4.90 Å². The minimum atomic E-state index is -0.377. The molecule has 0 saturated carbocycles. The van der Waals surface area contributed by atoms with Crippen LogP contribution in [0.1, 0.15) is 16.7 Å². The smallest absolute Gasteiger partial charge is 0.282 e. The van der Waals surface area contributed by atoms with Gasteiger partial charge in [0.2, 0.25) is 0 Å². The van der Waals surface area contributed by atoms with Gasteiger partial charge in [-0.2, -0.15) is 0 Å². The van der Waals surface area contributed by atoms with Crippen molar-refractivity contribution < 1.29 is 14.3 Å². The number of morpholine rings is 1. The molecular formula is C22H20Cl2N2O3. The van der Waals surface area contributed by atoms with Crippen LogP contribution in [0.2, 0.25) is 10.0 Å². The van der Waals surface area contributed by atoms with Crippen molar-refractivity contribution in [2.75, 3.05) is 31.2 Å². The maximum absolute atomic E-state index is 13.5. The van der Waals surface area contributed by atoms with Crippen LogP contribution in [-0.2, 0) is 14.3 Å². The first-order valence-corrected chi connectivity index (χ1v) is 10.1. The third-order valence-electron chi connectivity index (χ3n) is 5.29. The summed E-state index contributed by atoms with van der Waals surface area (Å²) in [5, 5.41) is 0.723. The summed E-state index contributed by atoms with van der Waals surface area (Å²) in [6.07, 6.45) is 0. The first-order valence-electron chi connectivity index (χ1n) is 9.36. The molecule has 0 radical (unpaired) electrons. The van der Waals surface area contributed by atoms with Crippen LogP contribution in [0.25, 0.3) is 5.57 Å². The van der Waals surface area contributed by atoms with E-state index in [1.807, 2.05) is 36.9 Å². The molecule has 150 valence electrons. The fourth-order valence-electron chi connectivity index (χ4n) is 3.66. The fourth-order valence-corrected chi connectivity index (χ4v) is 4.17. The van der Waals surface area contributed by atoms with Gasteiger partial charge in [0.05, 0.1) is 24.5 Å². The number of hydrogen-bond acceptors (Lipinski definition) is 4. The molecule has 29 heavy (non-hydrogen) atoms. The van der Waals surface area contributed by atoms with Crippen molar-refractivity contribution in [1.82, 2.24) is 4.90 Å². The van der Waals surface area contributed by atoms with E-state index in [0.717, 1.165) is 21.6 Å². The first kappa shape index (κ1) is 20.0.